The molecule has 31 heavy (non-hydrogen) atoms. The van der Waals surface area contributed by atoms with E-state index in [1.54, 1.807) is 22.2 Å². The maximum Gasteiger partial charge on any atom is 0.261 e. The van der Waals surface area contributed by atoms with Crippen LogP contribution >= 0.6 is 0 Å². The summed E-state index contributed by atoms with van der Waals surface area (Å²) < 4.78 is 0. The fourth-order valence-electron chi connectivity index (χ4n) is 4.12. The van der Waals surface area contributed by atoms with Crippen molar-refractivity contribution in [1.29, 1.82) is 0 Å². The van der Waals surface area contributed by atoms with Gasteiger partial charge in [-0.1, -0.05) is 39.8 Å². The van der Waals surface area contributed by atoms with Crippen LogP contribution in [0.3, 0.4) is 0 Å². The van der Waals surface area contributed by atoms with E-state index >= 15 is 0 Å². The van der Waals surface area contributed by atoms with Crippen molar-refractivity contribution >= 4 is 23.2 Å². The molecule has 2 aliphatic heterocycles. The minimum absolute atomic E-state index is 0.152. The summed E-state index contributed by atoms with van der Waals surface area (Å²) in [6.07, 6.45) is 3.46. The van der Waals surface area contributed by atoms with E-state index in [0.717, 1.165) is 5.56 Å². The zero-order valence-corrected chi connectivity index (χ0v) is 18.7. The van der Waals surface area contributed by atoms with Crippen LogP contribution in [0.25, 0.3) is 11.4 Å². The molecular weight excluding hydrogens is 388 g/mol. The van der Waals surface area contributed by atoms with Crippen molar-refractivity contribution in [1.82, 2.24) is 19.8 Å². The quantitative estimate of drug-likeness (QED) is 0.716. The van der Waals surface area contributed by atoms with Crippen molar-refractivity contribution in [2.75, 3.05) is 13.1 Å². The normalized spacial score (nSPS) is 16.5. The van der Waals surface area contributed by atoms with Gasteiger partial charge in [0.1, 0.15) is 0 Å². The molecule has 4 rings (SSSR count). The van der Waals surface area contributed by atoms with Crippen LogP contribution in [-0.4, -0.2) is 44.7 Å². The molecule has 6 nitrogen and oxygen atoms in total. The summed E-state index contributed by atoms with van der Waals surface area (Å²) in [5.41, 5.74) is 4.42. The van der Waals surface area contributed by atoms with Gasteiger partial charge >= 0.3 is 0 Å². The van der Waals surface area contributed by atoms with Gasteiger partial charge in [0.15, 0.2) is 0 Å². The van der Waals surface area contributed by atoms with Gasteiger partial charge in [-0.3, -0.25) is 19.6 Å². The van der Waals surface area contributed by atoms with Crippen LogP contribution in [0, 0.1) is 18.8 Å². The molecule has 0 aliphatic carbocycles. The number of amides is 2. The summed E-state index contributed by atoms with van der Waals surface area (Å²) in [6.45, 7) is 11.3. The second-order valence-electron chi connectivity index (χ2n) is 9.00. The molecule has 0 radical (unpaired) electrons. The molecule has 160 valence electrons. The molecule has 4 heterocycles. The molecule has 0 aromatic carbocycles. The van der Waals surface area contributed by atoms with Crippen LogP contribution in [0.1, 0.15) is 44.6 Å². The second-order valence-corrected chi connectivity index (χ2v) is 9.00. The maximum atomic E-state index is 13.7. The molecule has 0 bridgehead atoms. The number of aromatic nitrogens is 2. The molecule has 2 aliphatic rings. The van der Waals surface area contributed by atoms with Crippen LogP contribution in [0.4, 0.5) is 0 Å². The maximum absolute atomic E-state index is 13.7. The van der Waals surface area contributed by atoms with Gasteiger partial charge in [0.25, 0.3) is 11.8 Å². The van der Waals surface area contributed by atoms with Crippen molar-refractivity contribution in [3.63, 3.8) is 0 Å². The Labute approximate surface area is 183 Å². The van der Waals surface area contributed by atoms with Gasteiger partial charge in [0.2, 0.25) is 0 Å². The van der Waals surface area contributed by atoms with Crippen LogP contribution in [-0.2, 0) is 9.59 Å². The number of aryl methyl sites for hydroxylation is 1. The van der Waals surface area contributed by atoms with E-state index in [1.165, 1.54) is 0 Å². The first-order valence-corrected chi connectivity index (χ1v) is 10.8. The molecule has 0 saturated carbocycles. The standard InChI is InChI=1S/C25H28N4O2/c1-15(2)13-28-22(18-8-6-7-11-26-18)20-21(25(28)31)23(19-10-9-17(5)12-27-19)29(24(20)30)14-16(3)4/h6-12,15-16H,13-14H2,1-5H3. The van der Waals surface area contributed by atoms with E-state index in [4.69, 9.17) is 0 Å². The van der Waals surface area contributed by atoms with Crippen LogP contribution in [0.15, 0.2) is 53.9 Å². The fourth-order valence-corrected chi connectivity index (χ4v) is 4.12. The minimum Gasteiger partial charge on any atom is -0.305 e. The summed E-state index contributed by atoms with van der Waals surface area (Å²) in [6, 6.07) is 9.41. The van der Waals surface area contributed by atoms with E-state index in [1.807, 2.05) is 37.3 Å². The number of hydrogen-bond donors (Lipinski definition) is 0. The lowest BCUT2D eigenvalue weighted by atomic mass is 10.1. The Morgan fingerprint density at radius 1 is 0.774 bits per heavy atom. The van der Waals surface area contributed by atoms with Crippen molar-refractivity contribution < 1.29 is 9.59 Å². The zero-order chi connectivity index (χ0) is 22.3. The predicted molar refractivity (Wildman–Crippen MR) is 120 cm³/mol. The minimum atomic E-state index is -0.152. The fraction of sp³-hybridized carbons (Fsp3) is 0.360. The summed E-state index contributed by atoms with van der Waals surface area (Å²) in [5.74, 6) is 0.178. The summed E-state index contributed by atoms with van der Waals surface area (Å²) >= 11 is 0. The first kappa shape index (κ1) is 21.0. The monoisotopic (exact) mass is 416 g/mol. The lowest BCUT2D eigenvalue weighted by molar-refractivity contribution is -0.124. The average Bonchev–Trinajstić information content (AvgIpc) is 3.15. The smallest absolute Gasteiger partial charge is 0.261 e. The van der Waals surface area contributed by atoms with E-state index in [2.05, 4.69) is 37.7 Å². The molecule has 2 amide bonds. The zero-order valence-electron chi connectivity index (χ0n) is 18.7. The van der Waals surface area contributed by atoms with Crippen LogP contribution < -0.4 is 0 Å². The highest BCUT2D eigenvalue weighted by Gasteiger charge is 2.49. The van der Waals surface area contributed by atoms with E-state index in [0.29, 0.717) is 47.0 Å². The van der Waals surface area contributed by atoms with Crippen molar-refractivity contribution in [3.8, 4) is 0 Å². The molecule has 6 heteroatoms. The molecule has 0 atom stereocenters. The first-order valence-electron chi connectivity index (χ1n) is 10.8. The summed E-state index contributed by atoms with van der Waals surface area (Å²) in [7, 11) is 0. The second kappa shape index (κ2) is 8.10. The average molecular weight is 417 g/mol. The van der Waals surface area contributed by atoms with Gasteiger partial charge in [-0.2, -0.15) is 0 Å². The number of carbonyl (C=O) groups excluding carboxylic acids is 2. The van der Waals surface area contributed by atoms with Crippen molar-refractivity contribution in [2.24, 2.45) is 11.8 Å². The molecule has 0 unspecified atom stereocenters. The molecule has 0 fully saturated rings. The van der Waals surface area contributed by atoms with Crippen molar-refractivity contribution in [3.05, 3.63) is 70.8 Å². The van der Waals surface area contributed by atoms with Crippen LogP contribution in [0.5, 0.6) is 0 Å². The topological polar surface area (TPSA) is 66.4 Å². The third kappa shape index (κ3) is 3.67. The Balaban J connectivity index is 1.99. The van der Waals surface area contributed by atoms with Gasteiger partial charge in [-0.15, -0.1) is 0 Å². The largest absolute Gasteiger partial charge is 0.305 e. The Morgan fingerprint density at radius 3 is 1.74 bits per heavy atom. The number of rotatable bonds is 6. The first-order chi connectivity index (χ1) is 14.8. The van der Waals surface area contributed by atoms with E-state index < -0.39 is 0 Å². The van der Waals surface area contributed by atoms with E-state index in [9.17, 15) is 9.59 Å². The Hall–Kier alpha value is -3.28. The number of hydrogen-bond acceptors (Lipinski definition) is 4. The Morgan fingerprint density at radius 2 is 1.32 bits per heavy atom. The van der Waals surface area contributed by atoms with Crippen molar-refractivity contribution in [2.45, 2.75) is 34.6 Å². The highest BCUT2D eigenvalue weighted by molar-refractivity contribution is 6.30. The van der Waals surface area contributed by atoms with Gasteiger partial charge in [0, 0.05) is 25.5 Å². The van der Waals surface area contributed by atoms with Gasteiger partial charge in [-0.25, -0.2) is 0 Å². The third-order valence-corrected chi connectivity index (χ3v) is 5.34. The molecule has 2 aromatic rings. The SMILES string of the molecule is Cc1ccc(C2=C3C(=O)N(CC(C)C)C(c4ccccn4)=C3C(=O)N2CC(C)C)nc1. The number of carbonyl (C=O) groups is 2. The lowest BCUT2D eigenvalue weighted by Crippen LogP contribution is -2.33. The van der Waals surface area contributed by atoms with Gasteiger partial charge in [-0.05, 0) is 42.5 Å². The molecule has 2 aromatic heterocycles. The molecule has 0 saturated heterocycles. The Bertz CT molecular complexity index is 1080. The highest BCUT2D eigenvalue weighted by Crippen LogP contribution is 2.46. The number of fused-ring (bicyclic) bond motifs is 1. The molecule has 0 spiro atoms. The van der Waals surface area contributed by atoms with E-state index in [-0.39, 0.29) is 23.7 Å². The number of nitrogens with zero attached hydrogens (tertiary/aromatic N) is 4. The summed E-state index contributed by atoms with van der Waals surface area (Å²) in [5, 5.41) is 0. The highest BCUT2D eigenvalue weighted by atomic mass is 16.2. The predicted octanol–water partition coefficient (Wildman–Crippen LogP) is 3.90. The van der Waals surface area contributed by atoms with Crippen LogP contribution in [0.2, 0.25) is 0 Å². The molecular formula is C25H28N4O2. The summed E-state index contributed by atoms with van der Waals surface area (Å²) in [4.78, 5) is 39.9. The Kier molecular flexibility index (Phi) is 5.48. The number of pyridine rings is 2. The van der Waals surface area contributed by atoms with Gasteiger partial charge < -0.3 is 9.80 Å². The molecule has 0 N–H and O–H groups in total. The van der Waals surface area contributed by atoms with Gasteiger partial charge in [0.05, 0.1) is 33.9 Å². The third-order valence-electron chi connectivity index (χ3n) is 5.34. The lowest BCUT2D eigenvalue weighted by Gasteiger charge is -2.26.